The van der Waals surface area contributed by atoms with Gasteiger partial charge < -0.3 is 4.42 Å². The fourth-order valence-electron chi connectivity index (χ4n) is 2.35. The second-order valence-electron chi connectivity index (χ2n) is 5.47. The second-order valence-corrected chi connectivity index (χ2v) is 6.40. The highest BCUT2D eigenvalue weighted by Gasteiger charge is 2.10. The minimum Gasteiger partial charge on any atom is -0.414 e. The van der Waals surface area contributed by atoms with E-state index in [1.807, 2.05) is 24.3 Å². The molecule has 0 aliphatic carbocycles. The van der Waals surface area contributed by atoms with Gasteiger partial charge in [0, 0.05) is 5.75 Å². The van der Waals surface area contributed by atoms with Gasteiger partial charge in [-0.1, -0.05) is 58.9 Å². The van der Waals surface area contributed by atoms with Crippen LogP contribution < -0.4 is 0 Å². The van der Waals surface area contributed by atoms with Crippen LogP contribution in [0.25, 0.3) is 11.0 Å². The van der Waals surface area contributed by atoms with E-state index in [-0.39, 0.29) is 0 Å². The van der Waals surface area contributed by atoms with Gasteiger partial charge in [-0.2, -0.15) is 0 Å². The molecule has 2 heterocycles. The average molecular weight is 337 g/mol. The summed E-state index contributed by atoms with van der Waals surface area (Å²) in [6.07, 6.45) is 0. The maximum atomic E-state index is 5.70. The van der Waals surface area contributed by atoms with Crippen molar-refractivity contribution in [3.8, 4) is 0 Å². The van der Waals surface area contributed by atoms with Gasteiger partial charge in [-0.3, -0.25) is 0 Å². The first kappa shape index (κ1) is 14.9. The monoisotopic (exact) mass is 337 g/mol. The van der Waals surface area contributed by atoms with E-state index in [2.05, 4.69) is 51.7 Å². The Kier molecular flexibility index (Phi) is 4.00. The lowest BCUT2D eigenvalue weighted by Crippen LogP contribution is -2.02. The summed E-state index contributed by atoms with van der Waals surface area (Å²) in [5.41, 5.74) is 4.28. The van der Waals surface area contributed by atoms with Gasteiger partial charge in [0.15, 0.2) is 0 Å². The average Bonchev–Trinajstić information content (AvgIpc) is 3.22. The molecule has 0 aliphatic heterocycles. The molecule has 0 saturated heterocycles. The van der Waals surface area contributed by atoms with Gasteiger partial charge in [0.2, 0.25) is 5.89 Å². The summed E-state index contributed by atoms with van der Waals surface area (Å²) in [6, 6.07) is 16.2. The molecule has 2 aromatic carbocycles. The Labute approximate surface area is 142 Å². The molecule has 7 heteroatoms. The van der Waals surface area contributed by atoms with E-state index < -0.39 is 0 Å². The van der Waals surface area contributed by atoms with Gasteiger partial charge >= 0.3 is 0 Å². The third-order valence-corrected chi connectivity index (χ3v) is 4.53. The molecule has 0 unspecified atom stereocenters. The zero-order chi connectivity index (χ0) is 16.4. The van der Waals surface area contributed by atoms with Gasteiger partial charge in [0.1, 0.15) is 12.1 Å². The summed E-state index contributed by atoms with van der Waals surface area (Å²) in [7, 11) is 0. The molecule has 0 radical (unpaired) electrons. The molecule has 120 valence electrons. The highest BCUT2D eigenvalue weighted by atomic mass is 32.2. The molecule has 0 bridgehead atoms. The first-order valence-electron chi connectivity index (χ1n) is 7.57. The number of thioether (sulfide) groups is 1. The molecule has 0 amide bonds. The predicted octanol–water partition coefficient (Wildman–Crippen LogP) is 3.46. The Bertz CT molecular complexity index is 960. The fraction of sp³-hybridized carbons (Fsp3) is 0.176. The first-order chi connectivity index (χ1) is 11.8. The van der Waals surface area contributed by atoms with E-state index in [4.69, 9.17) is 4.42 Å². The molecule has 0 fully saturated rings. The van der Waals surface area contributed by atoms with Crippen molar-refractivity contribution < 1.29 is 4.42 Å². The van der Waals surface area contributed by atoms with Gasteiger partial charge in [-0.25, -0.2) is 4.68 Å². The summed E-state index contributed by atoms with van der Waals surface area (Å²) >= 11 is 1.53. The van der Waals surface area contributed by atoms with Crippen LogP contribution in [0.5, 0.6) is 0 Å². The molecule has 24 heavy (non-hydrogen) atoms. The number of benzene rings is 2. The molecular formula is C17H15N5OS. The van der Waals surface area contributed by atoms with Gasteiger partial charge in [-0.05, 0) is 24.6 Å². The SMILES string of the molecule is Cc1ccc(CSc2nnc(Cn3nnc4ccccc43)o2)cc1. The van der Waals surface area contributed by atoms with Crippen LogP contribution in [-0.2, 0) is 12.3 Å². The smallest absolute Gasteiger partial charge is 0.276 e. The Morgan fingerprint density at radius 3 is 2.71 bits per heavy atom. The van der Waals surface area contributed by atoms with E-state index in [0.29, 0.717) is 17.7 Å². The molecule has 2 aromatic heterocycles. The van der Waals surface area contributed by atoms with Crippen LogP contribution in [0.3, 0.4) is 0 Å². The zero-order valence-electron chi connectivity index (χ0n) is 13.1. The van der Waals surface area contributed by atoms with Gasteiger partial charge in [0.25, 0.3) is 5.22 Å². The summed E-state index contributed by atoms with van der Waals surface area (Å²) < 4.78 is 7.46. The van der Waals surface area contributed by atoms with E-state index in [0.717, 1.165) is 16.8 Å². The molecule has 6 nitrogen and oxygen atoms in total. The Morgan fingerprint density at radius 2 is 1.83 bits per heavy atom. The highest BCUT2D eigenvalue weighted by molar-refractivity contribution is 7.98. The van der Waals surface area contributed by atoms with Crippen molar-refractivity contribution in [2.75, 3.05) is 0 Å². The molecule has 0 N–H and O–H groups in total. The standard InChI is InChI=1S/C17H15N5OS/c1-12-6-8-13(9-7-12)11-24-17-20-19-16(23-17)10-22-15-5-3-2-4-14(15)18-21-22/h2-9H,10-11H2,1H3. The maximum Gasteiger partial charge on any atom is 0.276 e. The third kappa shape index (κ3) is 3.16. The number of hydrogen-bond acceptors (Lipinski definition) is 6. The molecule has 4 aromatic rings. The van der Waals surface area contributed by atoms with Gasteiger partial charge in [0.05, 0.1) is 5.52 Å². The summed E-state index contributed by atoms with van der Waals surface area (Å²) in [6.45, 7) is 2.49. The van der Waals surface area contributed by atoms with E-state index in [1.165, 1.54) is 22.9 Å². The lowest BCUT2D eigenvalue weighted by molar-refractivity contribution is 0.398. The van der Waals surface area contributed by atoms with Crippen LogP contribution in [0, 0.1) is 6.92 Å². The topological polar surface area (TPSA) is 69.6 Å². The van der Waals surface area contributed by atoms with Crippen LogP contribution in [0.15, 0.2) is 58.2 Å². The summed E-state index contributed by atoms with van der Waals surface area (Å²) in [4.78, 5) is 0. The number of nitrogens with zero attached hydrogens (tertiary/aromatic N) is 5. The molecule has 0 aliphatic rings. The lowest BCUT2D eigenvalue weighted by atomic mass is 10.2. The Morgan fingerprint density at radius 1 is 1.00 bits per heavy atom. The van der Waals surface area contributed by atoms with Gasteiger partial charge in [-0.15, -0.1) is 15.3 Å². The van der Waals surface area contributed by atoms with Crippen LogP contribution >= 0.6 is 11.8 Å². The number of hydrogen-bond donors (Lipinski definition) is 0. The zero-order valence-corrected chi connectivity index (χ0v) is 13.9. The van der Waals surface area contributed by atoms with Crippen LogP contribution in [0.1, 0.15) is 17.0 Å². The maximum absolute atomic E-state index is 5.70. The minimum atomic E-state index is 0.415. The van der Waals surface area contributed by atoms with Crippen molar-refractivity contribution in [2.24, 2.45) is 0 Å². The van der Waals surface area contributed by atoms with Crippen molar-refractivity contribution in [3.63, 3.8) is 0 Å². The predicted molar refractivity (Wildman–Crippen MR) is 91.7 cm³/mol. The van der Waals surface area contributed by atoms with Crippen molar-refractivity contribution in [1.29, 1.82) is 0 Å². The van der Waals surface area contributed by atoms with Crippen LogP contribution in [0.4, 0.5) is 0 Å². The van der Waals surface area contributed by atoms with Crippen LogP contribution in [0.2, 0.25) is 0 Å². The molecule has 0 saturated carbocycles. The van der Waals surface area contributed by atoms with E-state index in [9.17, 15) is 0 Å². The number of fused-ring (bicyclic) bond motifs is 1. The lowest BCUT2D eigenvalue weighted by Gasteiger charge is -1.99. The second kappa shape index (κ2) is 6.45. The largest absolute Gasteiger partial charge is 0.414 e. The van der Waals surface area contributed by atoms with Crippen molar-refractivity contribution >= 4 is 22.8 Å². The quantitative estimate of drug-likeness (QED) is 0.519. The molecular weight excluding hydrogens is 322 g/mol. The van der Waals surface area contributed by atoms with Crippen molar-refractivity contribution in [3.05, 3.63) is 65.5 Å². The third-order valence-electron chi connectivity index (χ3n) is 3.64. The first-order valence-corrected chi connectivity index (χ1v) is 8.55. The Hall–Kier alpha value is -2.67. The van der Waals surface area contributed by atoms with Crippen molar-refractivity contribution in [1.82, 2.24) is 25.2 Å². The number of aromatic nitrogens is 5. The number of para-hydroxylation sites is 1. The normalized spacial score (nSPS) is 11.2. The van der Waals surface area contributed by atoms with E-state index in [1.54, 1.807) is 4.68 Å². The Balaban J connectivity index is 1.44. The summed E-state index contributed by atoms with van der Waals surface area (Å²) in [5, 5.41) is 17.0. The highest BCUT2D eigenvalue weighted by Crippen LogP contribution is 2.22. The molecule has 0 atom stereocenters. The van der Waals surface area contributed by atoms with Crippen LogP contribution in [-0.4, -0.2) is 25.2 Å². The summed E-state index contributed by atoms with van der Waals surface area (Å²) in [5.74, 6) is 1.32. The molecule has 0 spiro atoms. The van der Waals surface area contributed by atoms with Crippen molar-refractivity contribution in [2.45, 2.75) is 24.4 Å². The van der Waals surface area contributed by atoms with E-state index >= 15 is 0 Å². The number of aryl methyl sites for hydroxylation is 1. The number of rotatable bonds is 5. The molecule has 4 rings (SSSR count). The minimum absolute atomic E-state index is 0.415. The fourth-order valence-corrected chi connectivity index (χ4v) is 3.09.